The Morgan fingerprint density at radius 3 is 2.26 bits per heavy atom. The number of aliphatic carboxylic acids is 1. The molecule has 0 saturated heterocycles. The number of carboxylic acid groups (broad SMARTS) is 1. The Bertz CT molecular complexity index is 430. The van der Waals surface area contributed by atoms with Gasteiger partial charge in [-0.15, -0.1) is 0 Å². The van der Waals surface area contributed by atoms with Crippen molar-refractivity contribution in [3.05, 3.63) is 35.9 Å². The van der Waals surface area contributed by atoms with Crippen LogP contribution in [0.1, 0.15) is 19.4 Å². The lowest BCUT2D eigenvalue weighted by atomic mass is 9.99. The lowest BCUT2D eigenvalue weighted by Gasteiger charge is -2.23. The fourth-order valence-electron chi connectivity index (χ4n) is 1.68. The van der Waals surface area contributed by atoms with E-state index in [1.54, 1.807) is 38.1 Å². The standard InChI is InChI=1S/C14H19NO4/c1-9(2)13(17)12(14(18)19)15-11(16)8-10-6-4-3-5-7-10/h3-7,9,12-13,17H,8H2,1-2H3,(H,15,16)(H,18,19). The number of nitrogens with one attached hydrogen (secondary N) is 1. The molecule has 0 spiro atoms. The zero-order valence-corrected chi connectivity index (χ0v) is 11.0. The van der Waals surface area contributed by atoms with Crippen molar-refractivity contribution in [3.63, 3.8) is 0 Å². The maximum absolute atomic E-state index is 11.8. The van der Waals surface area contributed by atoms with E-state index in [9.17, 15) is 14.7 Å². The van der Waals surface area contributed by atoms with Crippen LogP contribution in [0, 0.1) is 5.92 Å². The van der Waals surface area contributed by atoms with Crippen LogP contribution in [0.5, 0.6) is 0 Å². The molecule has 3 N–H and O–H groups in total. The van der Waals surface area contributed by atoms with Gasteiger partial charge >= 0.3 is 5.97 Å². The Morgan fingerprint density at radius 1 is 1.21 bits per heavy atom. The van der Waals surface area contributed by atoms with E-state index in [0.29, 0.717) is 0 Å². The Morgan fingerprint density at radius 2 is 1.79 bits per heavy atom. The van der Waals surface area contributed by atoms with E-state index in [0.717, 1.165) is 5.56 Å². The molecule has 0 saturated carbocycles. The van der Waals surface area contributed by atoms with Crippen LogP contribution < -0.4 is 5.32 Å². The zero-order valence-electron chi connectivity index (χ0n) is 11.0. The number of carbonyl (C=O) groups is 2. The predicted octanol–water partition coefficient (Wildman–Crippen LogP) is 0.815. The van der Waals surface area contributed by atoms with E-state index in [1.165, 1.54) is 0 Å². The topological polar surface area (TPSA) is 86.6 Å². The van der Waals surface area contributed by atoms with Gasteiger partial charge < -0.3 is 15.5 Å². The van der Waals surface area contributed by atoms with E-state index in [2.05, 4.69) is 5.32 Å². The summed E-state index contributed by atoms with van der Waals surface area (Å²) in [5.74, 6) is -1.90. The first kappa shape index (κ1) is 15.2. The molecular weight excluding hydrogens is 246 g/mol. The fraction of sp³-hybridized carbons (Fsp3) is 0.429. The van der Waals surface area contributed by atoms with Gasteiger partial charge in [-0.25, -0.2) is 4.79 Å². The van der Waals surface area contributed by atoms with Gasteiger partial charge in [-0.05, 0) is 11.5 Å². The minimum Gasteiger partial charge on any atom is -0.480 e. The second kappa shape index (κ2) is 6.89. The highest BCUT2D eigenvalue weighted by Crippen LogP contribution is 2.07. The molecule has 0 radical (unpaired) electrons. The summed E-state index contributed by atoms with van der Waals surface area (Å²) >= 11 is 0. The molecule has 5 heteroatoms. The highest BCUT2D eigenvalue weighted by atomic mass is 16.4. The molecule has 1 aromatic rings. The van der Waals surface area contributed by atoms with Crippen LogP contribution in [-0.4, -0.2) is 34.2 Å². The molecule has 2 atom stereocenters. The van der Waals surface area contributed by atoms with Crippen LogP contribution in [0.15, 0.2) is 30.3 Å². The molecule has 1 rings (SSSR count). The maximum Gasteiger partial charge on any atom is 0.328 e. The molecule has 1 aromatic carbocycles. The number of hydrogen-bond acceptors (Lipinski definition) is 3. The molecule has 104 valence electrons. The van der Waals surface area contributed by atoms with Crippen molar-refractivity contribution in [1.82, 2.24) is 5.32 Å². The lowest BCUT2D eigenvalue weighted by Crippen LogP contribution is -2.51. The van der Waals surface area contributed by atoms with Crippen molar-refractivity contribution < 1.29 is 19.8 Å². The van der Waals surface area contributed by atoms with Gasteiger partial charge in [-0.1, -0.05) is 44.2 Å². The van der Waals surface area contributed by atoms with Gasteiger partial charge in [-0.3, -0.25) is 4.79 Å². The summed E-state index contributed by atoms with van der Waals surface area (Å²) in [4.78, 5) is 22.8. The average Bonchev–Trinajstić information content (AvgIpc) is 2.36. The number of carboxylic acids is 1. The average molecular weight is 265 g/mol. The molecular formula is C14H19NO4. The van der Waals surface area contributed by atoms with E-state index in [4.69, 9.17) is 5.11 Å². The molecule has 0 heterocycles. The van der Waals surface area contributed by atoms with Crippen LogP contribution in [0.2, 0.25) is 0 Å². The van der Waals surface area contributed by atoms with Crippen molar-refractivity contribution in [2.24, 2.45) is 5.92 Å². The molecule has 1 amide bonds. The van der Waals surface area contributed by atoms with Gasteiger partial charge in [0.25, 0.3) is 0 Å². The molecule has 0 fully saturated rings. The van der Waals surface area contributed by atoms with E-state index in [1.807, 2.05) is 6.07 Å². The summed E-state index contributed by atoms with van der Waals surface area (Å²) in [5.41, 5.74) is 0.795. The monoisotopic (exact) mass is 265 g/mol. The summed E-state index contributed by atoms with van der Waals surface area (Å²) in [6, 6.07) is 7.74. The molecule has 0 bridgehead atoms. The normalized spacial score (nSPS) is 13.9. The third-order valence-corrected chi connectivity index (χ3v) is 2.81. The second-order valence-electron chi connectivity index (χ2n) is 4.78. The number of aliphatic hydroxyl groups is 1. The summed E-state index contributed by atoms with van der Waals surface area (Å²) < 4.78 is 0. The van der Waals surface area contributed by atoms with Crippen LogP contribution in [0.3, 0.4) is 0 Å². The molecule has 2 unspecified atom stereocenters. The lowest BCUT2D eigenvalue weighted by molar-refractivity contribution is -0.146. The van der Waals surface area contributed by atoms with Crippen molar-refractivity contribution >= 4 is 11.9 Å². The molecule has 5 nitrogen and oxygen atoms in total. The highest BCUT2D eigenvalue weighted by molar-refractivity contribution is 5.85. The van der Waals surface area contributed by atoms with E-state index >= 15 is 0 Å². The first-order valence-electron chi connectivity index (χ1n) is 6.16. The smallest absolute Gasteiger partial charge is 0.328 e. The minimum atomic E-state index is -1.28. The summed E-state index contributed by atoms with van der Waals surface area (Å²) in [7, 11) is 0. The number of aliphatic hydroxyl groups excluding tert-OH is 1. The molecule has 19 heavy (non-hydrogen) atoms. The number of amides is 1. The number of benzene rings is 1. The summed E-state index contributed by atoms with van der Waals surface area (Å²) in [5, 5.41) is 21.2. The van der Waals surface area contributed by atoms with Crippen molar-refractivity contribution in [2.45, 2.75) is 32.4 Å². The largest absolute Gasteiger partial charge is 0.480 e. The minimum absolute atomic E-state index is 0.0927. The maximum atomic E-state index is 11.8. The van der Waals surface area contributed by atoms with Crippen molar-refractivity contribution in [2.75, 3.05) is 0 Å². The Hall–Kier alpha value is -1.88. The number of carbonyl (C=O) groups excluding carboxylic acids is 1. The van der Waals surface area contributed by atoms with E-state index in [-0.39, 0.29) is 12.3 Å². The van der Waals surface area contributed by atoms with Crippen LogP contribution in [0.25, 0.3) is 0 Å². The van der Waals surface area contributed by atoms with Crippen LogP contribution in [0.4, 0.5) is 0 Å². The van der Waals surface area contributed by atoms with Gasteiger partial charge in [0, 0.05) is 0 Å². The van der Waals surface area contributed by atoms with Crippen molar-refractivity contribution in [3.8, 4) is 0 Å². The van der Waals surface area contributed by atoms with E-state index < -0.39 is 24.0 Å². The van der Waals surface area contributed by atoms with Crippen LogP contribution >= 0.6 is 0 Å². The van der Waals surface area contributed by atoms with Gasteiger partial charge in [0.2, 0.25) is 5.91 Å². The Labute approximate surface area is 112 Å². The predicted molar refractivity (Wildman–Crippen MR) is 70.6 cm³/mol. The second-order valence-corrected chi connectivity index (χ2v) is 4.78. The highest BCUT2D eigenvalue weighted by Gasteiger charge is 2.30. The molecule has 0 aliphatic carbocycles. The van der Waals surface area contributed by atoms with Crippen LogP contribution in [-0.2, 0) is 16.0 Å². The molecule has 0 aliphatic rings. The first-order chi connectivity index (χ1) is 8.91. The summed E-state index contributed by atoms with van der Waals surface area (Å²) in [6.07, 6.45) is -1.02. The zero-order chi connectivity index (χ0) is 14.4. The third-order valence-electron chi connectivity index (χ3n) is 2.81. The van der Waals surface area contributed by atoms with Gasteiger partial charge in [-0.2, -0.15) is 0 Å². The van der Waals surface area contributed by atoms with Gasteiger partial charge in [0.05, 0.1) is 12.5 Å². The Balaban J connectivity index is 2.65. The SMILES string of the molecule is CC(C)C(O)C(NC(=O)Cc1ccccc1)C(=O)O. The fourth-order valence-corrected chi connectivity index (χ4v) is 1.68. The Kier molecular flexibility index (Phi) is 5.51. The van der Waals surface area contributed by atoms with Gasteiger partial charge in [0.15, 0.2) is 6.04 Å². The van der Waals surface area contributed by atoms with Crippen molar-refractivity contribution in [1.29, 1.82) is 0 Å². The summed E-state index contributed by atoms with van der Waals surface area (Å²) in [6.45, 7) is 3.40. The number of rotatable bonds is 6. The molecule has 0 aromatic heterocycles. The van der Waals surface area contributed by atoms with Gasteiger partial charge in [0.1, 0.15) is 0 Å². The first-order valence-corrected chi connectivity index (χ1v) is 6.16. The third kappa shape index (κ3) is 4.71. The number of hydrogen-bond donors (Lipinski definition) is 3. The quantitative estimate of drug-likeness (QED) is 0.710. The molecule has 0 aliphatic heterocycles.